The molecule has 0 saturated carbocycles. The summed E-state index contributed by atoms with van der Waals surface area (Å²) >= 11 is 0. The highest BCUT2D eigenvalue weighted by Gasteiger charge is 2.42. The minimum Gasteiger partial charge on any atom is -0.480 e. The van der Waals surface area contributed by atoms with Gasteiger partial charge in [0.15, 0.2) is 0 Å². The van der Waals surface area contributed by atoms with Crippen molar-refractivity contribution in [3.63, 3.8) is 0 Å². The van der Waals surface area contributed by atoms with Crippen molar-refractivity contribution >= 4 is 12.3 Å². The summed E-state index contributed by atoms with van der Waals surface area (Å²) in [7, 11) is 0. The molecule has 0 aliphatic carbocycles. The molecular weight excluding hydrogens is 212 g/mol. The van der Waals surface area contributed by atoms with E-state index in [9.17, 15) is 14.7 Å². The Hall–Kier alpha value is -0.980. The molecule has 0 aromatic rings. The topological polar surface area (TPSA) is 81.1 Å². The summed E-state index contributed by atoms with van der Waals surface area (Å²) in [6.07, 6.45) is 2.13. The Labute approximate surface area is 93.4 Å². The van der Waals surface area contributed by atoms with E-state index in [1.165, 1.54) is 0 Å². The third kappa shape index (κ3) is 1.95. The van der Waals surface area contributed by atoms with Crippen molar-refractivity contribution in [3.8, 4) is 0 Å². The molecule has 0 spiro atoms. The minimum atomic E-state index is -0.937. The molecule has 0 unspecified atom stereocenters. The lowest BCUT2D eigenvalue weighted by Crippen LogP contribution is -2.51. The standard InChI is InChI=1S/C10H16N2O4/c13-6-7-2-1-3-11(7)12-5-8(14)4-9(12)10(15)16/h6-9,14H,1-5H2,(H,15,16)/t7-,8+,9-/m0/s1. The van der Waals surface area contributed by atoms with E-state index in [-0.39, 0.29) is 12.5 Å². The van der Waals surface area contributed by atoms with Crippen LogP contribution in [0, 0.1) is 0 Å². The number of aldehydes is 1. The fraction of sp³-hybridized carbons (Fsp3) is 0.800. The summed E-state index contributed by atoms with van der Waals surface area (Å²) in [5.41, 5.74) is 0. The van der Waals surface area contributed by atoms with E-state index in [0.717, 1.165) is 19.1 Å². The molecule has 16 heavy (non-hydrogen) atoms. The van der Waals surface area contributed by atoms with E-state index < -0.39 is 18.1 Å². The van der Waals surface area contributed by atoms with Gasteiger partial charge in [-0.2, -0.15) is 0 Å². The van der Waals surface area contributed by atoms with Crippen LogP contribution in [0.1, 0.15) is 19.3 Å². The van der Waals surface area contributed by atoms with E-state index in [4.69, 9.17) is 5.11 Å². The number of carbonyl (C=O) groups is 2. The summed E-state index contributed by atoms with van der Waals surface area (Å²) in [4.78, 5) is 21.9. The molecule has 0 bridgehead atoms. The van der Waals surface area contributed by atoms with Crippen molar-refractivity contribution in [1.82, 2.24) is 10.0 Å². The first-order valence-electron chi connectivity index (χ1n) is 5.53. The second-order valence-electron chi connectivity index (χ2n) is 4.37. The fourth-order valence-electron chi connectivity index (χ4n) is 2.54. The molecule has 2 aliphatic rings. The number of nitrogens with zero attached hydrogens (tertiary/aromatic N) is 2. The van der Waals surface area contributed by atoms with Crippen LogP contribution < -0.4 is 0 Å². The van der Waals surface area contributed by atoms with Crippen LogP contribution in [-0.2, 0) is 9.59 Å². The molecule has 6 nitrogen and oxygen atoms in total. The van der Waals surface area contributed by atoms with Gasteiger partial charge in [-0.05, 0) is 12.8 Å². The van der Waals surface area contributed by atoms with E-state index >= 15 is 0 Å². The second kappa shape index (κ2) is 4.48. The Morgan fingerprint density at radius 2 is 2.12 bits per heavy atom. The summed E-state index contributed by atoms with van der Waals surface area (Å²) < 4.78 is 0. The zero-order chi connectivity index (χ0) is 11.7. The molecule has 2 aliphatic heterocycles. The van der Waals surface area contributed by atoms with Crippen LogP contribution in [0.3, 0.4) is 0 Å². The number of aliphatic carboxylic acids is 1. The van der Waals surface area contributed by atoms with Gasteiger partial charge in [0.05, 0.1) is 12.1 Å². The number of carbonyl (C=O) groups excluding carboxylic acids is 1. The van der Waals surface area contributed by atoms with Crippen molar-refractivity contribution in [2.45, 2.75) is 37.5 Å². The van der Waals surface area contributed by atoms with Crippen LogP contribution in [0.5, 0.6) is 0 Å². The molecule has 3 atom stereocenters. The molecule has 0 radical (unpaired) electrons. The summed E-state index contributed by atoms with van der Waals surface area (Å²) in [6.45, 7) is 1.00. The van der Waals surface area contributed by atoms with Gasteiger partial charge in [0, 0.05) is 19.5 Å². The molecule has 90 valence electrons. The molecule has 0 amide bonds. The quantitative estimate of drug-likeness (QED) is 0.608. The molecule has 2 fully saturated rings. The number of hydrogen-bond acceptors (Lipinski definition) is 5. The molecule has 2 rings (SSSR count). The number of carboxylic acid groups (broad SMARTS) is 1. The SMILES string of the molecule is O=C[C@@H]1CCCN1N1C[C@H](O)C[C@H]1C(=O)O. The monoisotopic (exact) mass is 228 g/mol. The molecule has 2 N–H and O–H groups in total. The molecule has 2 heterocycles. The molecular formula is C10H16N2O4. The maximum absolute atomic E-state index is 11.0. The highest BCUT2D eigenvalue weighted by Crippen LogP contribution is 2.26. The van der Waals surface area contributed by atoms with Crippen LogP contribution in [-0.4, -0.2) is 63.8 Å². The largest absolute Gasteiger partial charge is 0.480 e. The van der Waals surface area contributed by atoms with Crippen molar-refractivity contribution in [2.24, 2.45) is 0 Å². The average Bonchev–Trinajstić information content (AvgIpc) is 2.82. The highest BCUT2D eigenvalue weighted by molar-refractivity contribution is 5.74. The van der Waals surface area contributed by atoms with Gasteiger partial charge in [-0.25, -0.2) is 10.0 Å². The zero-order valence-electron chi connectivity index (χ0n) is 8.95. The van der Waals surface area contributed by atoms with Crippen LogP contribution >= 0.6 is 0 Å². The Kier molecular flexibility index (Phi) is 3.22. The summed E-state index contributed by atoms with van der Waals surface area (Å²) in [5, 5.41) is 22.0. The van der Waals surface area contributed by atoms with Gasteiger partial charge in [-0.3, -0.25) is 4.79 Å². The molecule has 2 saturated heterocycles. The van der Waals surface area contributed by atoms with Crippen LogP contribution in [0.25, 0.3) is 0 Å². The highest BCUT2D eigenvalue weighted by atomic mass is 16.4. The second-order valence-corrected chi connectivity index (χ2v) is 4.37. The number of aliphatic hydroxyl groups excluding tert-OH is 1. The number of β-amino-alcohol motifs (C(OH)–C–C–N with tert-alkyl or cyclic N) is 1. The van der Waals surface area contributed by atoms with E-state index in [0.29, 0.717) is 13.1 Å². The zero-order valence-corrected chi connectivity index (χ0v) is 8.95. The first-order chi connectivity index (χ1) is 7.63. The lowest BCUT2D eigenvalue weighted by Gasteiger charge is -2.33. The summed E-state index contributed by atoms with van der Waals surface area (Å²) in [6, 6.07) is -0.928. The first kappa shape index (κ1) is 11.5. The van der Waals surface area contributed by atoms with Crippen molar-refractivity contribution in [3.05, 3.63) is 0 Å². The molecule has 0 aromatic carbocycles. The Morgan fingerprint density at radius 3 is 2.75 bits per heavy atom. The number of carboxylic acids is 1. The number of hydrogen-bond donors (Lipinski definition) is 2. The Bertz CT molecular complexity index is 297. The third-order valence-corrected chi connectivity index (χ3v) is 3.29. The Morgan fingerprint density at radius 1 is 1.38 bits per heavy atom. The van der Waals surface area contributed by atoms with Crippen molar-refractivity contribution in [2.75, 3.05) is 13.1 Å². The maximum Gasteiger partial charge on any atom is 0.322 e. The lowest BCUT2D eigenvalue weighted by atomic mass is 10.2. The van der Waals surface area contributed by atoms with Crippen molar-refractivity contribution in [1.29, 1.82) is 0 Å². The number of hydrazine groups is 1. The van der Waals surface area contributed by atoms with Gasteiger partial charge < -0.3 is 15.0 Å². The lowest BCUT2D eigenvalue weighted by molar-refractivity contribution is -0.152. The summed E-state index contributed by atoms with van der Waals surface area (Å²) in [5.74, 6) is -0.937. The van der Waals surface area contributed by atoms with Gasteiger partial charge in [-0.15, -0.1) is 0 Å². The van der Waals surface area contributed by atoms with Gasteiger partial charge in [-0.1, -0.05) is 0 Å². The predicted octanol–water partition coefficient (Wildman–Crippen LogP) is -0.915. The van der Waals surface area contributed by atoms with Crippen molar-refractivity contribution < 1.29 is 19.8 Å². The van der Waals surface area contributed by atoms with Gasteiger partial charge in [0.25, 0.3) is 0 Å². The van der Waals surface area contributed by atoms with Gasteiger partial charge in [0.1, 0.15) is 12.3 Å². The average molecular weight is 228 g/mol. The molecule has 6 heteroatoms. The fourth-order valence-corrected chi connectivity index (χ4v) is 2.54. The maximum atomic E-state index is 11.0. The third-order valence-electron chi connectivity index (χ3n) is 3.29. The Balaban J connectivity index is 2.12. The van der Waals surface area contributed by atoms with E-state index in [2.05, 4.69) is 0 Å². The number of aliphatic hydroxyl groups is 1. The predicted molar refractivity (Wildman–Crippen MR) is 54.5 cm³/mol. The molecule has 0 aromatic heterocycles. The van der Waals surface area contributed by atoms with Crippen LogP contribution in [0.15, 0.2) is 0 Å². The van der Waals surface area contributed by atoms with Crippen LogP contribution in [0.2, 0.25) is 0 Å². The van der Waals surface area contributed by atoms with Crippen LogP contribution in [0.4, 0.5) is 0 Å². The normalized spacial score (nSPS) is 36.7. The first-order valence-corrected chi connectivity index (χ1v) is 5.53. The van der Waals surface area contributed by atoms with Gasteiger partial charge >= 0.3 is 5.97 Å². The van der Waals surface area contributed by atoms with E-state index in [1.54, 1.807) is 10.0 Å². The van der Waals surface area contributed by atoms with Gasteiger partial charge in [0.2, 0.25) is 0 Å². The smallest absolute Gasteiger partial charge is 0.322 e. The van der Waals surface area contributed by atoms with E-state index in [1.807, 2.05) is 0 Å². The number of rotatable bonds is 3. The minimum absolute atomic E-state index is 0.229.